The van der Waals surface area contributed by atoms with Crippen molar-refractivity contribution in [2.75, 3.05) is 5.73 Å². The number of nitrogens with two attached hydrogens (primary N) is 1. The van der Waals surface area contributed by atoms with Crippen LogP contribution in [0.25, 0.3) is 0 Å². The van der Waals surface area contributed by atoms with E-state index in [9.17, 15) is 0 Å². The number of hydrogen-bond acceptors (Lipinski definition) is 3. The molecule has 2 N–H and O–H groups in total. The van der Waals surface area contributed by atoms with E-state index in [0.29, 0.717) is 16.6 Å². The summed E-state index contributed by atoms with van der Waals surface area (Å²) in [5, 5.41) is 0.522. The summed E-state index contributed by atoms with van der Waals surface area (Å²) in [4.78, 5) is 3.99. The molecule has 0 amide bonds. The van der Waals surface area contributed by atoms with Gasteiger partial charge in [-0.05, 0) is 19.4 Å². The number of pyridine rings is 1. The molecule has 1 atom stereocenters. The summed E-state index contributed by atoms with van der Waals surface area (Å²) in [5.74, 6) is 0.457. The number of halogens is 1. The molecule has 0 aromatic carbocycles. The number of anilines is 1. The van der Waals surface area contributed by atoms with Gasteiger partial charge in [0.2, 0.25) is 5.88 Å². The number of nitrogens with zero attached hydrogens (tertiary/aromatic N) is 1. The predicted octanol–water partition coefficient (Wildman–Crippen LogP) is 2.49. The molecule has 1 aromatic heterocycles. The van der Waals surface area contributed by atoms with Crippen molar-refractivity contribution in [3.8, 4) is 5.88 Å². The fourth-order valence-corrected chi connectivity index (χ4v) is 0.981. The van der Waals surface area contributed by atoms with Gasteiger partial charge in [-0.15, -0.1) is 0 Å². The Bertz CT molecular complexity index is 291. The molecule has 0 aliphatic carbocycles. The van der Waals surface area contributed by atoms with Crippen molar-refractivity contribution < 1.29 is 4.74 Å². The lowest BCUT2D eigenvalue weighted by molar-refractivity contribution is 0.210. The molecule has 0 spiro atoms. The lowest BCUT2D eigenvalue weighted by Gasteiger charge is -2.12. The van der Waals surface area contributed by atoms with Gasteiger partial charge >= 0.3 is 0 Å². The second-order valence-electron chi connectivity index (χ2n) is 2.88. The summed E-state index contributed by atoms with van der Waals surface area (Å²) in [5.41, 5.74) is 6.13. The van der Waals surface area contributed by atoms with E-state index in [0.717, 1.165) is 6.42 Å². The van der Waals surface area contributed by atoms with Crippen LogP contribution in [-0.2, 0) is 0 Å². The Balaban J connectivity index is 2.77. The first kappa shape index (κ1) is 10.1. The van der Waals surface area contributed by atoms with Crippen molar-refractivity contribution in [1.82, 2.24) is 4.98 Å². The summed E-state index contributed by atoms with van der Waals surface area (Å²) in [6, 6.07) is 1.63. The topological polar surface area (TPSA) is 48.1 Å². The Morgan fingerprint density at radius 2 is 2.38 bits per heavy atom. The number of hydrogen-bond donors (Lipinski definition) is 1. The standard InChI is InChI=1S/C9H13ClN2O/c1-3-6(2)13-9-8(11)4-7(10)5-12-9/h4-6H,3,11H2,1-2H3. The van der Waals surface area contributed by atoms with Gasteiger partial charge in [0.05, 0.1) is 16.8 Å². The van der Waals surface area contributed by atoms with Gasteiger partial charge in [0, 0.05) is 6.20 Å². The maximum atomic E-state index is 5.69. The Morgan fingerprint density at radius 3 is 2.92 bits per heavy atom. The summed E-state index contributed by atoms with van der Waals surface area (Å²) < 4.78 is 5.45. The van der Waals surface area contributed by atoms with Crippen LogP contribution in [-0.4, -0.2) is 11.1 Å². The number of nitrogen functional groups attached to an aromatic ring is 1. The molecular formula is C9H13ClN2O. The molecule has 4 heteroatoms. The maximum Gasteiger partial charge on any atom is 0.237 e. The highest BCUT2D eigenvalue weighted by Gasteiger charge is 2.06. The van der Waals surface area contributed by atoms with Crippen LogP contribution in [0.5, 0.6) is 5.88 Å². The molecule has 3 nitrogen and oxygen atoms in total. The molecule has 1 unspecified atom stereocenters. The molecule has 0 aliphatic heterocycles. The molecule has 0 radical (unpaired) electrons. The largest absolute Gasteiger partial charge is 0.473 e. The van der Waals surface area contributed by atoms with Crippen molar-refractivity contribution in [2.45, 2.75) is 26.4 Å². The fraction of sp³-hybridized carbons (Fsp3) is 0.444. The first-order valence-electron chi connectivity index (χ1n) is 4.21. The van der Waals surface area contributed by atoms with Gasteiger partial charge < -0.3 is 10.5 Å². The van der Waals surface area contributed by atoms with E-state index >= 15 is 0 Å². The third-order valence-electron chi connectivity index (χ3n) is 1.73. The molecule has 0 aliphatic rings. The van der Waals surface area contributed by atoms with Crippen LogP contribution in [0, 0.1) is 0 Å². The first-order chi connectivity index (χ1) is 6.13. The van der Waals surface area contributed by atoms with Crippen molar-refractivity contribution in [1.29, 1.82) is 0 Å². The lowest BCUT2D eigenvalue weighted by atomic mass is 10.3. The maximum absolute atomic E-state index is 5.69. The van der Waals surface area contributed by atoms with E-state index in [-0.39, 0.29) is 6.10 Å². The average molecular weight is 201 g/mol. The minimum atomic E-state index is 0.121. The molecule has 1 heterocycles. The first-order valence-corrected chi connectivity index (χ1v) is 4.59. The third-order valence-corrected chi connectivity index (χ3v) is 1.94. The highest BCUT2D eigenvalue weighted by atomic mass is 35.5. The van der Waals surface area contributed by atoms with Gasteiger partial charge in [-0.25, -0.2) is 4.98 Å². The monoisotopic (exact) mass is 200 g/mol. The van der Waals surface area contributed by atoms with Crippen LogP contribution in [0.3, 0.4) is 0 Å². The zero-order valence-electron chi connectivity index (χ0n) is 7.75. The van der Waals surface area contributed by atoms with E-state index in [4.69, 9.17) is 22.1 Å². The second kappa shape index (κ2) is 4.33. The minimum absolute atomic E-state index is 0.121. The molecule has 1 rings (SSSR count). The quantitative estimate of drug-likeness (QED) is 0.816. The van der Waals surface area contributed by atoms with Crippen LogP contribution < -0.4 is 10.5 Å². The van der Waals surface area contributed by atoms with Gasteiger partial charge in [0.15, 0.2) is 0 Å². The van der Waals surface area contributed by atoms with Crippen LogP contribution in [0.4, 0.5) is 5.69 Å². The highest BCUT2D eigenvalue weighted by molar-refractivity contribution is 6.30. The van der Waals surface area contributed by atoms with Gasteiger partial charge in [-0.1, -0.05) is 18.5 Å². The molecule has 0 saturated carbocycles. The van der Waals surface area contributed by atoms with Crippen LogP contribution in [0.1, 0.15) is 20.3 Å². The molecule has 0 fully saturated rings. The highest BCUT2D eigenvalue weighted by Crippen LogP contribution is 2.22. The molecule has 0 bridgehead atoms. The Morgan fingerprint density at radius 1 is 1.69 bits per heavy atom. The Hall–Kier alpha value is -0.960. The number of aromatic nitrogens is 1. The van der Waals surface area contributed by atoms with E-state index < -0.39 is 0 Å². The molecule has 72 valence electrons. The summed E-state index contributed by atoms with van der Waals surface area (Å²) in [6.07, 6.45) is 2.57. The molecule has 13 heavy (non-hydrogen) atoms. The smallest absolute Gasteiger partial charge is 0.237 e. The van der Waals surface area contributed by atoms with Gasteiger partial charge in [-0.2, -0.15) is 0 Å². The van der Waals surface area contributed by atoms with E-state index in [1.54, 1.807) is 6.07 Å². The Kier molecular flexibility index (Phi) is 3.37. The normalized spacial score (nSPS) is 12.5. The van der Waals surface area contributed by atoms with Gasteiger partial charge in [0.1, 0.15) is 0 Å². The lowest BCUT2D eigenvalue weighted by Crippen LogP contribution is -2.12. The fourth-order valence-electron chi connectivity index (χ4n) is 0.815. The molecular weight excluding hydrogens is 188 g/mol. The Labute approximate surface area is 82.9 Å². The second-order valence-corrected chi connectivity index (χ2v) is 3.32. The van der Waals surface area contributed by atoms with Gasteiger partial charge in [-0.3, -0.25) is 0 Å². The van der Waals surface area contributed by atoms with E-state index in [1.165, 1.54) is 6.20 Å². The average Bonchev–Trinajstić information content (AvgIpc) is 2.09. The predicted molar refractivity (Wildman–Crippen MR) is 54.0 cm³/mol. The number of rotatable bonds is 3. The SMILES string of the molecule is CCC(C)Oc1ncc(Cl)cc1N. The summed E-state index contributed by atoms with van der Waals surface area (Å²) >= 11 is 5.69. The number of ether oxygens (including phenoxy) is 1. The summed E-state index contributed by atoms with van der Waals surface area (Å²) in [7, 11) is 0. The third kappa shape index (κ3) is 2.77. The van der Waals surface area contributed by atoms with Crippen LogP contribution in [0.15, 0.2) is 12.3 Å². The summed E-state index contributed by atoms with van der Waals surface area (Å²) in [6.45, 7) is 4.01. The van der Waals surface area contributed by atoms with E-state index in [1.807, 2.05) is 13.8 Å². The molecule has 0 saturated heterocycles. The minimum Gasteiger partial charge on any atom is -0.473 e. The van der Waals surface area contributed by atoms with Crippen molar-refractivity contribution in [2.24, 2.45) is 0 Å². The van der Waals surface area contributed by atoms with E-state index in [2.05, 4.69) is 4.98 Å². The van der Waals surface area contributed by atoms with Crippen LogP contribution in [0.2, 0.25) is 5.02 Å². The zero-order valence-corrected chi connectivity index (χ0v) is 8.51. The molecule has 1 aromatic rings. The van der Waals surface area contributed by atoms with Crippen molar-refractivity contribution >= 4 is 17.3 Å². The van der Waals surface area contributed by atoms with Crippen molar-refractivity contribution in [3.63, 3.8) is 0 Å². The van der Waals surface area contributed by atoms with Crippen molar-refractivity contribution in [3.05, 3.63) is 17.3 Å². The zero-order chi connectivity index (χ0) is 9.84. The van der Waals surface area contributed by atoms with Gasteiger partial charge in [0.25, 0.3) is 0 Å². The van der Waals surface area contributed by atoms with Crippen LogP contribution >= 0.6 is 11.6 Å².